The highest BCUT2D eigenvalue weighted by Gasteiger charge is 2.15. The molecular formula is C17H22N2O2S. The summed E-state index contributed by atoms with van der Waals surface area (Å²) in [7, 11) is 1.64. The van der Waals surface area contributed by atoms with Gasteiger partial charge in [0.25, 0.3) is 5.91 Å². The summed E-state index contributed by atoms with van der Waals surface area (Å²) in [4.78, 5) is 16.6. The van der Waals surface area contributed by atoms with Crippen molar-refractivity contribution in [3.63, 3.8) is 0 Å². The number of aryl methyl sites for hydroxylation is 2. The van der Waals surface area contributed by atoms with Crippen molar-refractivity contribution >= 4 is 17.2 Å². The third-order valence-electron chi connectivity index (χ3n) is 3.45. The lowest BCUT2D eigenvalue weighted by Gasteiger charge is -2.14. The van der Waals surface area contributed by atoms with Crippen LogP contribution in [0.25, 0.3) is 0 Å². The SMILES string of the molecule is CCC(COC)NC(=O)c1csc(CCc2ccccc2)n1. The molecule has 1 N–H and O–H groups in total. The zero-order valence-electron chi connectivity index (χ0n) is 13.0. The van der Waals surface area contributed by atoms with Gasteiger partial charge in [-0.3, -0.25) is 4.79 Å². The number of aromatic nitrogens is 1. The second kappa shape index (κ2) is 8.66. The van der Waals surface area contributed by atoms with Crippen LogP contribution in [0.3, 0.4) is 0 Å². The Bertz CT molecular complexity index is 583. The fourth-order valence-corrected chi connectivity index (χ4v) is 2.93. The first kappa shape index (κ1) is 16.6. The molecule has 0 fully saturated rings. The summed E-state index contributed by atoms with van der Waals surface area (Å²) in [6.45, 7) is 2.55. The van der Waals surface area contributed by atoms with Crippen molar-refractivity contribution in [2.45, 2.75) is 32.2 Å². The van der Waals surface area contributed by atoms with E-state index in [9.17, 15) is 4.79 Å². The number of ether oxygens (including phenoxy) is 1. The Hall–Kier alpha value is -1.72. The molecule has 2 aromatic rings. The van der Waals surface area contributed by atoms with E-state index in [1.165, 1.54) is 5.56 Å². The maximum atomic E-state index is 12.2. The molecule has 0 aliphatic carbocycles. The number of thiazole rings is 1. The fourth-order valence-electron chi connectivity index (χ4n) is 2.15. The number of rotatable bonds is 8. The van der Waals surface area contributed by atoms with Gasteiger partial charge in [0.15, 0.2) is 0 Å². The standard InChI is InChI=1S/C17H22N2O2S/c1-3-14(11-21-2)18-17(20)15-12-22-16(19-15)10-9-13-7-5-4-6-8-13/h4-8,12,14H,3,9-11H2,1-2H3,(H,18,20). The highest BCUT2D eigenvalue weighted by Crippen LogP contribution is 2.13. The van der Waals surface area contributed by atoms with Gasteiger partial charge < -0.3 is 10.1 Å². The van der Waals surface area contributed by atoms with Crippen LogP contribution in [-0.2, 0) is 17.6 Å². The molecule has 1 unspecified atom stereocenters. The second-order valence-corrected chi connectivity index (χ2v) is 6.09. The number of carbonyl (C=O) groups is 1. The van der Waals surface area contributed by atoms with Crippen molar-refractivity contribution in [3.8, 4) is 0 Å². The molecule has 1 atom stereocenters. The van der Waals surface area contributed by atoms with Crippen LogP contribution in [0.15, 0.2) is 35.7 Å². The second-order valence-electron chi connectivity index (χ2n) is 5.15. The van der Waals surface area contributed by atoms with Crippen LogP contribution < -0.4 is 5.32 Å². The molecule has 4 nitrogen and oxygen atoms in total. The average Bonchev–Trinajstić information content (AvgIpc) is 3.02. The largest absolute Gasteiger partial charge is 0.383 e. The first-order valence-electron chi connectivity index (χ1n) is 7.51. The predicted molar refractivity (Wildman–Crippen MR) is 89.4 cm³/mol. The summed E-state index contributed by atoms with van der Waals surface area (Å²) < 4.78 is 5.09. The summed E-state index contributed by atoms with van der Waals surface area (Å²) in [5.41, 5.74) is 1.79. The van der Waals surface area contributed by atoms with Gasteiger partial charge in [-0.05, 0) is 18.4 Å². The van der Waals surface area contributed by atoms with E-state index in [-0.39, 0.29) is 11.9 Å². The lowest BCUT2D eigenvalue weighted by atomic mass is 10.1. The molecule has 0 saturated carbocycles. The van der Waals surface area contributed by atoms with Gasteiger partial charge in [0.05, 0.1) is 17.7 Å². The first-order chi connectivity index (χ1) is 10.7. The number of nitrogens with zero attached hydrogens (tertiary/aromatic N) is 1. The third-order valence-corrected chi connectivity index (χ3v) is 4.36. The molecular weight excluding hydrogens is 296 g/mol. The Balaban J connectivity index is 1.89. The normalized spacial score (nSPS) is 12.1. The molecule has 1 heterocycles. The lowest BCUT2D eigenvalue weighted by molar-refractivity contribution is 0.0890. The molecule has 118 valence electrons. The number of hydrogen-bond donors (Lipinski definition) is 1. The van der Waals surface area contributed by atoms with Crippen LogP contribution in [0.5, 0.6) is 0 Å². The van der Waals surface area contributed by atoms with Gasteiger partial charge in [-0.15, -0.1) is 11.3 Å². The Kier molecular flexibility index (Phi) is 6.55. The molecule has 0 bridgehead atoms. The minimum absolute atomic E-state index is 0.0342. The summed E-state index contributed by atoms with van der Waals surface area (Å²) in [6, 6.07) is 10.3. The first-order valence-corrected chi connectivity index (χ1v) is 8.39. The van der Waals surface area contributed by atoms with E-state index in [1.54, 1.807) is 18.4 Å². The molecule has 1 aromatic heterocycles. The Morgan fingerprint density at radius 3 is 2.77 bits per heavy atom. The maximum absolute atomic E-state index is 12.2. The fraction of sp³-hybridized carbons (Fsp3) is 0.412. The molecule has 1 amide bonds. The smallest absolute Gasteiger partial charge is 0.271 e. The summed E-state index contributed by atoms with van der Waals surface area (Å²) in [5.74, 6) is -0.119. The molecule has 0 spiro atoms. The summed E-state index contributed by atoms with van der Waals surface area (Å²) in [5, 5.41) is 5.77. The van der Waals surface area contributed by atoms with Crippen molar-refractivity contribution < 1.29 is 9.53 Å². The minimum Gasteiger partial charge on any atom is -0.383 e. The average molecular weight is 318 g/mol. The zero-order valence-corrected chi connectivity index (χ0v) is 13.9. The Morgan fingerprint density at radius 2 is 2.09 bits per heavy atom. The van der Waals surface area contributed by atoms with E-state index in [1.807, 2.05) is 30.5 Å². The van der Waals surface area contributed by atoms with E-state index < -0.39 is 0 Å². The highest BCUT2D eigenvalue weighted by atomic mass is 32.1. The van der Waals surface area contributed by atoms with E-state index in [2.05, 4.69) is 22.4 Å². The molecule has 0 saturated heterocycles. The predicted octanol–water partition coefficient (Wildman–Crippen LogP) is 3.08. The van der Waals surface area contributed by atoms with Gasteiger partial charge in [-0.2, -0.15) is 0 Å². The Labute approximate surface area is 135 Å². The van der Waals surface area contributed by atoms with E-state index in [0.717, 1.165) is 24.3 Å². The van der Waals surface area contributed by atoms with Crippen molar-refractivity contribution in [2.24, 2.45) is 0 Å². The van der Waals surface area contributed by atoms with E-state index in [0.29, 0.717) is 12.3 Å². The van der Waals surface area contributed by atoms with Crippen LogP contribution >= 0.6 is 11.3 Å². The quantitative estimate of drug-likeness (QED) is 0.814. The van der Waals surface area contributed by atoms with Gasteiger partial charge >= 0.3 is 0 Å². The van der Waals surface area contributed by atoms with Crippen molar-refractivity contribution in [2.75, 3.05) is 13.7 Å². The maximum Gasteiger partial charge on any atom is 0.271 e. The lowest BCUT2D eigenvalue weighted by Crippen LogP contribution is -2.37. The van der Waals surface area contributed by atoms with Crippen LogP contribution in [0.4, 0.5) is 0 Å². The topological polar surface area (TPSA) is 51.2 Å². The number of hydrogen-bond acceptors (Lipinski definition) is 4. The molecule has 2 rings (SSSR count). The number of benzene rings is 1. The summed E-state index contributed by atoms with van der Waals surface area (Å²) >= 11 is 1.54. The molecule has 22 heavy (non-hydrogen) atoms. The highest BCUT2D eigenvalue weighted by molar-refractivity contribution is 7.09. The molecule has 0 radical (unpaired) electrons. The van der Waals surface area contributed by atoms with Crippen molar-refractivity contribution in [1.82, 2.24) is 10.3 Å². The van der Waals surface area contributed by atoms with Crippen LogP contribution in [-0.4, -0.2) is 30.6 Å². The third kappa shape index (κ3) is 4.93. The van der Waals surface area contributed by atoms with Gasteiger partial charge in [0, 0.05) is 18.9 Å². The van der Waals surface area contributed by atoms with Gasteiger partial charge in [-0.25, -0.2) is 4.98 Å². The molecule has 0 aliphatic heterocycles. The number of carbonyl (C=O) groups excluding carboxylic acids is 1. The van der Waals surface area contributed by atoms with Gasteiger partial charge in [0.2, 0.25) is 0 Å². The zero-order chi connectivity index (χ0) is 15.8. The molecule has 1 aromatic carbocycles. The monoisotopic (exact) mass is 318 g/mol. The Morgan fingerprint density at radius 1 is 1.32 bits per heavy atom. The number of amides is 1. The van der Waals surface area contributed by atoms with Crippen LogP contribution in [0.2, 0.25) is 0 Å². The van der Waals surface area contributed by atoms with E-state index in [4.69, 9.17) is 4.74 Å². The number of methoxy groups -OCH3 is 1. The molecule has 0 aliphatic rings. The van der Waals surface area contributed by atoms with Gasteiger partial charge in [0.1, 0.15) is 5.69 Å². The molecule has 5 heteroatoms. The van der Waals surface area contributed by atoms with Crippen molar-refractivity contribution in [1.29, 1.82) is 0 Å². The van der Waals surface area contributed by atoms with Crippen LogP contribution in [0.1, 0.15) is 34.4 Å². The van der Waals surface area contributed by atoms with Crippen molar-refractivity contribution in [3.05, 3.63) is 52.0 Å². The summed E-state index contributed by atoms with van der Waals surface area (Å²) in [6.07, 6.45) is 2.64. The van der Waals surface area contributed by atoms with Crippen LogP contribution in [0, 0.1) is 0 Å². The van der Waals surface area contributed by atoms with Gasteiger partial charge in [-0.1, -0.05) is 37.3 Å². The van der Waals surface area contributed by atoms with E-state index >= 15 is 0 Å². The minimum atomic E-state index is -0.119. The number of nitrogens with one attached hydrogen (secondary N) is 1.